The molecular formula is C11H10Cl2N2. The fraction of sp³-hybridized carbons (Fsp3) is 0.182. The maximum atomic E-state index is 6.04. The van der Waals surface area contributed by atoms with Gasteiger partial charge in [-0.25, -0.2) is 4.68 Å². The summed E-state index contributed by atoms with van der Waals surface area (Å²) in [5.41, 5.74) is 2.86. The van der Waals surface area contributed by atoms with Crippen molar-refractivity contribution in [2.45, 2.75) is 12.8 Å². The largest absolute Gasteiger partial charge is 0.240 e. The lowest BCUT2D eigenvalue weighted by atomic mass is 10.2. The number of rotatable bonds is 2. The topological polar surface area (TPSA) is 17.8 Å². The molecule has 1 aromatic carbocycles. The number of aromatic nitrogens is 2. The number of hydrogen-bond acceptors (Lipinski definition) is 1. The summed E-state index contributed by atoms with van der Waals surface area (Å²) in [6.07, 6.45) is 1.89. The number of nitrogens with zero attached hydrogens (tertiary/aromatic N) is 2. The summed E-state index contributed by atoms with van der Waals surface area (Å²) in [6, 6.07) is 7.65. The molecule has 0 aliphatic carbocycles. The second-order valence-corrected chi connectivity index (χ2v) is 3.94. The van der Waals surface area contributed by atoms with Crippen molar-refractivity contribution >= 4 is 23.2 Å². The van der Waals surface area contributed by atoms with Crippen LogP contribution in [-0.4, -0.2) is 9.78 Å². The van der Waals surface area contributed by atoms with Gasteiger partial charge in [-0.15, -0.1) is 11.6 Å². The van der Waals surface area contributed by atoms with E-state index in [0.717, 1.165) is 22.0 Å². The van der Waals surface area contributed by atoms with Gasteiger partial charge in [0, 0.05) is 11.2 Å². The van der Waals surface area contributed by atoms with Crippen molar-refractivity contribution in [2.24, 2.45) is 0 Å². The monoisotopic (exact) mass is 240 g/mol. The van der Waals surface area contributed by atoms with Gasteiger partial charge in [-0.2, -0.15) is 5.10 Å². The van der Waals surface area contributed by atoms with Crippen molar-refractivity contribution < 1.29 is 0 Å². The van der Waals surface area contributed by atoms with Crippen LogP contribution in [0.3, 0.4) is 0 Å². The van der Waals surface area contributed by atoms with Crippen molar-refractivity contribution in [2.75, 3.05) is 0 Å². The van der Waals surface area contributed by atoms with E-state index in [-0.39, 0.29) is 0 Å². The van der Waals surface area contributed by atoms with Crippen LogP contribution in [0.4, 0.5) is 0 Å². The molecule has 0 atom stereocenters. The summed E-state index contributed by atoms with van der Waals surface area (Å²) in [5, 5.41) is 5.07. The zero-order valence-corrected chi connectivity index (χ0v) is 9.76. The third-order valence-electron chi connectivity index (χ3n) is 2.27. The Balaban J connectivity index is 2.49. The molecule has 15 heavy (non-hydrogen) atoms. The van der Waals surface area contributed by atoms with Crippen molar-refractivity contribution in [3.05, 3.63) is 46.7 Å². The maximum Gasteiger partial charge on any atom is 0.0776 e. The smallest absolute Gasteiger partial charge is 0.0776 e. The number of benzene rings is 1. The van der Waals surface area contributed by atoms with E-state index in [2.05, 4.69) is 5.10 Å². The van der Waals surface area contributed by atoms with Gasteiger partial charge in [0.05, 0.1) is 17.3 Å². The fourth-order valence-corrected chi connectivity index (χ4v) is 1.72. The molecule has 2 rings (SSSR count). The van der Waals surface area contributed by atoms with Gasteiger partial charge in [0.15, 0.2) is 0 Å². The number of alkyl halides is 1. The third-order valence-corrected chi connectivity index (χ3v) is 2.95. The van der Waals surface area contributed by atoms with Crippen LogP contribution in [0.5, 0.6) is 0 Å². The molecule has 0 bridgehead atoms. The molecule has 0 amide bonds. The van der Waals surface area contributed by atoms with Gasteiger partial charge in [0.2, 0.25) is 0 Å². The Morgan fingerprint density at radius 1 is 1.33 bits per heavy atom. The fourth-order valence-electron chi connectivity index (χ4n) is 1.41. The molecular weight excluding hydrogens is 231 g/mol. The highest BCUT2D eigenvalue weighted by atomic mass is 35.5. The molecule has 0 aliphatic heterocycles. The number of halogens is 2. The highest BCUT2D eigenvalue weighted by Gasteiger charge is 2.05. The van der Waals surface area contributed by atoms with Crippen LogP contribution in [0.2, 0.25) is 5.02 Å². The van der Waals surface area contributed by atoms with Crippen molar-refractivity contribution in [3.63, 3.8) is 0 Å². The van der Waals surface area contributed by atoms with Gasteiger partial charge in [0.25, 0.3) is 0 Å². The molecule has 1 heterocycles. The predicted octanol–water partition coefficient (Wildman–Crippen LogP) is 3.57. The normalized spacial score (nSPS) is 10.6. The first-order valence-corrected chi connectivity index (χ1v) is 5.49. The van der Waals surface area contributed by atoms with Crippen molar-refractivity contribution in [3.8, 4) is 5.69 Å². The van der Waals surface area contributed by atoms with E-state index in [4.69, 9.17) is 23.2 Å². The van der Waals surface area contributed by atoms with Crippen LogP contribution < -0.4 is 0 Å². The quantitative estimate of drug-likeness (QED) is 0.735. The second kappa shape index (κ2) is 4.25. The van der Waals surface area contributed by atoms with Crippen molar-refractivity contribution in [1.29, 1.82) is 0 Å². The molecule has 0 fully saturated rings. The first-order valence-electron chi connectivity index (χ1n) is 4.58. The van der Waals surface area contributed by atoms with Crippen LogP contribution in [0.25, 0.3) is 5.69 Å². The Morgan fingerprint density at radius 2 is 2.13 bits per heavy atom. The molecule has 0 saturated carbocycles. The molecule has 1 aromatic heterocycles. The zero-order chi connectivity index (χ0) is 10.8. The van der Waals surface area contributed by atoms with Gasteiger partial charge in [-0.1, -0.05) is 17.7 Å². The minimum atomic E-state index is 0.423. The first kappa shape index (κ1) is 10.5. The van der Waals surface area contributed by atoms with E-state index in [9.17, 15) is 0 Å². The molecule has 0 saturated heterocycles. The van der Waals surface area contributed by atoms with E-state index in [1.807, 2.05) is 37.4 Å². The Kier molecular flexibility index (Phi) is 2.98. The Morgan fingerprint density at radius 3 is 2.80 bits per heavy atom. The standard InChI is InChI=1S/C11H10Cl2N2/c1-8-10(13)3-2-4-11(8)15-6-5-9(7-12)14-15/h2-6H,7H2,1H3. The average Bonchev–Trinajstić information content (AvgIpc) is 2.70. The minimum absolute atomic E-state index is 0.423. The molecule has 0 radical (unpaired) electrons. The summed E-state index contributed by atoms with van der Waals surface area (Å²) < 4.78 is 1.79. The SMILES string of the molecule is Cc1c(Cl)cccc1-n1ccc(CCl)n1. The van der Waals surface area contributed by atoms with E-state index in [1.165, 1.54) is 0 Å². The Hall–Kier alpha value is -0.990. The summed E-state index contributed by atoms with van der Waals surface area (Å²) >= 11 is 11.7. The highest BCUT2D eigenvalue weighted by molar-refractivity contribution is 6.31. The number of hydrogen-bond donors (Lipinski definition) is 0. The van der Waals surface area contributed by atoms with E-state index < -0.39 is 0 Å². The minimum Gasteiger partial charge on any atom is -0.240 e. The Bertz CT molecular complexity index is 477. The van der Waals surface area contributed by atoms with Crippen LogP contribution in [-0.2, 0) is 5.88 Å². The molecule has 0 N–H and O–H groups in total. The maximum absolute atomic E-state index is 6.04. The van der Waals surface area contributed by atoms with E-state index in [1.54, 1.807) is 4.68 Å². The molecule has 2 nitrogen and oxygen atoms in total. The summed E-state index contributed by atoms with van der Waals surface area (Å²) in [7, 11) is 0. The third kappa shape index (κ3) is 2.01. The van der Waals surface area contributed by atoms with Gasteiger partial charge in [-0.3, -0.25) is 0 Å². The first-order chi connectivity index (χ1) is 7.22. The van der Waals surface area contributed by atoms with Gasteiger partial charge < -0.3 is 0 Å². The lowest BCUT2D eigenvalue weighted by molar-refractivity contribution is 0.852. The van der Waals surface area contributed by atoms with Crippen LogP contribution >= 0.6 is 23.2 Å². The summed E-state index contributed by atoms with van der Waals surface area (Å²) in [5.74, 6) is 0.423. The Labute approximate surface area is 98.4 Å². The lowest BCUT2D eigenvalue weighted by Crippen LogP contribution is -1.98. The molecule has 78 valence electrons. The van der Waals surface area contributed by atoms with E-state index in [0.29, 0.717) is 5.88 Å². The molecule has 0 aliphatic rings. The zero-order valence-electron chi connectivity index (χ0n) is 8.24. The van der Waals surface area contributed by atoms with Gasteiger partial charge >= 0.3 is 0 Å². The summed E-state index contributed by atoms with van der Waals surface area (Å²) in [4.78, 5) is 0. The lowest BCUT2D eigenvalue weighted by Gasteiger charge is -2.06. The van der Waals surface area contributed by atoms with Gasteiger partial charge in [0.1, 0.15) is 0 Å². The summed E-state index contributed by atoms with van der Waals surface area (Å²) in [6.45, 7) is 1.97. The molecule has 0 spiro atoms. The van der Waals surface area contributed by atoms with Crippen LogP contribution in [0.15, 0.2) is 30.5 Å². The highest BCUT2D eigenvalue weighted by Crippen LogP contribution is 2.21. The van der Waals surface area contributed by atoms with Crippen LogP contribution in [0, 0.1) is 6.92 Å². The second-order valence-electron chi connectivity index (χ2n) is 3.27. The predicted molar refractivity (Wildman–Crippen MR) is 62.9 cm³/mol. The van der Waals surface area contributed by atoms with E-state index >= 15 is 0 Å². The molecule has 4 heteroatoms. The molecule has 2 aromatic rings. The van der Waals surface area contributed by atoms with Gasteiger partial charge in [-0.05, 0) is 30.7 Å². The average molecular weight is 241 g/mol. The van der Waals surface area contributed by atoms with Crippen molar-refractivity contribution in [1.82, 2.24) is 9.78 Å². The van der Waals surface area contributed by atoms with Crippen LogP contribution in [0.1, 0.15) is 11.3 Å². The molecule has 0 unspecified atom stereocenters.